The van der Waals surface area contributed by atoms with Crippen LogP contribution < -0.4 is 31.9 Å². The molecule has 0 atom stereocenters. The highest BCUT2D eigenvalue weighted by atomic mass is 16.2. The van der Waals surface area contributed by atoms with Crippen LogP contribution in [0.5, 0.6) is 0 Å². The van der Waals surface area contributed by atoms with Crippen LogP contribution in [0.1, 0.15) is 48.9 Å². The number of nitrogens with one attached hydrogen (secondary N) is 6. The molecule has 7 rings (SSSR count). The van der Waals surface area contributed by atoms with Gasteiger partial charge in [-0.25, -0.2) is 4.79 Å². The fourth-order valence-electron chi connectivity index (χ4n) is 6.64. The molecular formula is C39H40N6O6. The minimum atomic E-state index is -1.14. The molecule has 51 heavy (non-hydrogen) atoms. The molecular weight excluding hydrogens is 648 g/mol. The van der Waals surface area contributed by atoms with Crippen molar-refractivity contribution in [2.24, 2.45) is 0 Å². The van der Waals surface area contributed by atoms with Gasteiger partial charge in [0.1, 0.15) is 0 Å². The highest BCUT2D eigenvalue weighted by Crippen LogP contribution is 2.33. The molecule has 0 unspecified atom stereocenters. The Bertz CT molecular complexity index is 1730. The largest absolute Gasteiger partial charge is 0.337 e. The minimum Gasteiger partial charge on any atom is -0.337 e. The number of carbonyl (C=O) groups is 6. The SMILES string of the molecule is CCC1(c2ccccc2)C(=O)NCNC1=O.CCC1(c2ccccc2)C(=O)NCNC1=O.O=C1NC(=O)C(c2ccccc2)(c2ccccc2)N1. The first-order valence-electron chi connectivity index (χ1n) is 16.7. The van der Waals surface area contributed by atoms with Crippen molar-refractivity contribution in [2.45, 2.75) is 43.1 Å². The Labute approximate surface area is 295 Å². The lowest BCUT2D eigenvalue weighted by Gasteiger charge is -2.34. The first-order valence-corrected chi connectivity index (χ1v) is 16.7. The molecule has 3 heterocycles. The number of hydrogen-bond acceptors (Lipinski definition) is 6. The molecule has 7 amide bonds. The predicted molar refractivity (Wildman–Crippen MR) is 189 cm³/mol. The van der Waals surface area contributed by atoms with E-state index in [1.54, 1.807) is 0 Å². The van der Waals surface area contributed by atoms with Crippen molar-refractivity contribution in [2.75, 3.05) is 13.3 Å². The van der Waals surface area contributed by atoms with Crippen molar-refractivity contribution in [3.05, 3.63) is 144 Å². The molecule has 0 spiro atoms. The van der Waals surface area contributed by atoms with Gasteiger partial charge in [0, 0.05) is 0 Å². The second-order valence-electron chi connectivity index (χ2n) is 12.0. The zero-order valence-corrected chi connectivity index (χ0v) is 28.3. The summed E-state index contributed by atoms with van der Waals surface area (Å²) in [6.07, 6.45) is 0.906. The van der Waals surface area contributed by atoms with Crippen LogP contribution >= 0.6 is 0 Å². The standard InChI is InChI=1S/C15H12N2O2.2C12H14N2O2/c18-13-15(17-14(19)16-13,11-7-3-1-4-8-11)12-9-5-2-6-10-12;2*1-2-12(9-6-4-3-5-7-9)10(15)13-8-14-11(12)16/h1-10H,(H2,16,17,18,19);2*3-7H,2,8H2,1H3,(H,13,15)(H,14,16). The van der Waals surface area contributed by atoms with Crippen LogP contribution in [0, 0.1) is 0 Å². The van der Waals surface area contributed by atoms with Crippen LogP contribution in [0.2, 0.25) is 0 Å². The third kappa shape index (κ3) is 6.67. The molecule has 0 radical (unpaired) electrons. The molecule has 12 heteroatoms. The lowest BCUT2D eigenvalue weighted by atomic mass is 9.75. The summed E-state index contributed by atoms with van der Waals surface area (Å²) in [5.41, 5.74) is -0.313. The van der Waals surface area contributed by atoms with E-state index in [-0.39, 0.29) is 42.9 Å². The smallest absolute Gasteiger partial charge is 0.322 e. The second-order valence-corrected chi connectivity index (χ2v) is 12.0. The van der Waals surface area contributed by atoms with Gasteiger partial charge >= 0.3 is 6.03 Å². The zero-order chi connectivity index (χ0) is 36.5. The third-order valence-electron chi connectivity index (χ3n) is 9.42. The van der Waals surface area contributed by atoms with Gasteiger partial charge in [0.05, 0.1) is 13.3 Å². The van der Waals surface area contributed by atoms with E-state index in [4.69, 9.17) is 0 Å². The van der Waals surface area contributed by atoms with Crippen LogP contribution in [-0.4, -0.2) is 48.9 Å². The summed E-state index contributed by atoms with van der Waals surface area (Å²) in [6.45, 7) is 4.12. The van der Waals surface area contributed by atoms with Crippen molar-refractivity contribution in [3.8, 4) is 0 Å². The Hall–Kier alpha value is -6.30. The van der Waals surface area contributed by atoms with E-state index in [9.17, 15) is 28.8 Å². The fraction of sp³-hybridized carbons (Fsp3) is 0.231. The molecule has 3 fully saturated rings. The van der Waals surface area contributed by atoms with Gasteiger partial charge in [0.25, 0.3) is 5.91 Å². The van der Waals surface area contributed by atoms with Gasteiger partial charge in [-0.15, -0.1) is 0 Å². The monoisotopic (exact) mass is 688 g/mol. The van der Waals surface area contributed by atoms with Crippen molar-refractivity contribution in [3.63, 3.8) is 0 Å². The number of benzene rings is 4. The van der Waals surface area contributed by atoms with Gasteiger partial charge in [-0.3, -0.25) is 29.3 Å². The molecule has 6 N–H and O–H groups in total. The topological polar surface area (TPSA) is 175 Å². The van der Waals surface area contributed by atoms with Crippen LogP contribution in [0.15, 0.2) is 121 Å². The maximum Gasteiger partial charge on any atom is 0.322 e. The Morgan fingerprint density at radius 2 is 0.725 bits per heavy atom. The van der Waals surface area contributed by atoms with Gasteiger partial charge in [-0.05, 0) is 35.1 Å². The molecule has 3 aliphatic heterocycles. The van der Waals surface area contributed by atoms with Crippen molar-refractivity contribution < 1.29 is 28.8 Å². The number of carbonyl (C=O) groups excluding carboxylic acids is 6. The van der Waals surface area contributed by atoms with Crippen molar-refractivity contribution >= 4 is 35.6 Å². The Morgan fingerprint density at radius 3 is 0.980 bits per heavy atom. The van der Waals surface area contributed by atoms with E-state index < -0.39 is 22.4 Å². The number of urea groups is 1. The van der Waals surface area contributed by atoms with Crippen LogP contribution in [0.25, 0.3) is 0 Å². The first kappa shape index (κ1) is 36.0. The second kappa shape index (κ2) is 15.5. The van der Waals surface area contributed by atoms with Crippen LogP contribution in [0.3, 0.4) is 0 Å². The Kier molecular flexibility index (Phi) is 10.9. The number of rotatable bonds is 6. The third-order valence-corrected chi connectivity index (χ3v) is 9.42. The van der Waals surface area contributed by atoms with E-state index in [0.717, 1.165) is 22.3 Å². The number of amides is 7. The molecule has 12 nitrogen and oxygen atoms in total. The zero-order valence-electron chi connectivity index (χ0n) is 28.3. The Balaban J connectivity index is 0.000000149. The normalized spacial score (nSPS) is 18.1. The van der Waals surface area contributed by atoms with Gasteiger partial charge in [-0.2, -0.15) is 0 Å². The lowest BCUT2D eigenvalue weighted by molar-refractivity contribution is -0.143. The fourth-order valence-corrected chi connectivity index (χ4v) is 6.64. The molecule has 3 aliphatic rings. The summed E-state index contributed by atoms with van der Waals surface area (Å²) in [7, 11) is 0. The quantitative estimate of drug-likeness (QED) is 0.134. The molecule has 3 saturated heterocycles. The van der Waals surface area contributed by atoms with Gasteiger partial charge in [-0.1, -0.05) is 135 Å². The van der Waals surface area contributed by atoms with Gasteiger partial charge in [0.2, 0.25) is 23.6 Å². The maximum atomic E-state index is 12.3. The highest BCUT2D eigenvalue weighted by Gasteiger charge is 2.50. The predicted octanol–water partition coefficient (Wildman–Crippen LogP) is 2.85. The summed E-state index contributed by atoms with van der Waals surface area (Å²) >= 11 is 0. The summed E-state index contributed by atoms with van der Waals surface area (Å²) in [5.74, 6) is -1.22. The average molecular weight is 689 g/mol. The van der Waals surface area contributed by atoms with E-state index in [0.29, 0.717) is 12.8 Å². The lowest BCUT2D eigenvalue weighted by Crippen LogP contribution is -2.62. The average Bonchev–Trinajstić information content (AvgIpc) is 3.48. The summed E-state index contributed by atoms with van der Waals surface area (Å²) in [5, 5.41) is 15.8. The minimum absolute atomic E-state index is 0.215. The molecule has 0 aliphatic carbocycles. The van der Waals surface area contributed by atoms with Crippen LogP contribution in [-0.2, 0) is 40.3 Å². The highest BCUT2D eigenvalue weighted by molar-refractivity contribution is 6.13. The van der Waals surface area contributed by atoms with E-state index in [1.807, 2.05) is 135 Å². The summed E-state index contributed by atoms with van der Waals surface area (Å²) in [6, 6.07) is 36.3. The molecule has 0 bridgehead atoms. The molecule has 4 aromatic rings. The van der Waals surface area contributed by atoms with Gasteiger partial charge in [0.15, 0.2) is 16.4 Å². The molecule has 4 aromatic carbocycles. The Morgan fingerprint density at radius 1 is 0.431 bits per heavy atom. The summed E-state index contributed by atoms with van der Waals surface area (Å²) in [4.78, 5) is 71.8. The van der Waals surface area contributed by atoms with Crippen LogP contribution in [0.4, 0.5) is 4.79 Å². The van der Waals surface area contributed by atoms with E-state index in [1.165, 1.54) is 0 Å². The summed E-state index contributed by atoms with van der Waals surface area (Å²) < 4.78 is 0. The van der Waals surface area contributed by atoms with Crippen molar-refractivity contribution in [1.82, 2.24) is 31.9 Å². The molecule has 0 aromatic heterocycles. The number of hydrogen-bond donors (Lipinski definition) is 6. The number of imide groups is 1. The molecule has 0 saturated carbocycles. The van der Waals surface area contributed by atoms with Crippen molar-refractivity contribution in [1.29, 1.82) is 0 Å². The van der Waals surface area contributed by atoms with E-state index >= 15 is 0 Å². The maximum absolute atomic E-state index is 12.3. The molecule has 262 valence electrons. The van der Waals surface area contributed by atoms with E-state index in [2.05, 4.69) is 31.9 Å². The van der Waals surface area contributed by atoms with Gasteiger partial charge < -0.3 is 26.6 Å². The first-order chi connectivity index (χ1) is 24.7.